The molecule has 1 heterocycles. The molecule has 1 aliphatic heterocycles. The molecular weight excluding hydrogens is 899 g/mol. The molecule has 0 spiro atoms. The lowest BCUT2D eigenvalue weighted by Crippen LogP contribution is -2.60. The van der Waals surface area contributed by atoms with Gasteiger partial charge in [-0.25, -0.2) is 0 Å². The number of carbonyl (C=O) groups is 1. The minimum absolute atomic E-state index is 0.213. The molecule has 1 fully saturated rings. The van der Waals surface area contributed by atoms with Crippen LogP contribution in [0.4, 0.5) is 0 Å². The predicted molar refractivity (Wildman–Crippen MR) is 304 cm³/mol. The highest BCUT2D eigenvalue weighted by molar-refractivity contribution is 5.76. The summed E-state index contributed by atoms with van der Waals surface area (Å²) < 4.78 is 11.3. The van der Waals surface area contributed by atoms with Gasteiger partial charge in [0, 0.05) is 6.42 Å². The second-order valence-corrected chi connectivity index (χ2v) is 19.7. The molecule has 0 aromatic heterocycles. The highest BCUT2D eigenvalue weighted by Gasteiger charge is 2.44. The van der Waals surface area contributed by atoms with Crippen LogP contribution in [0.2, 0.25) is 0 Å². The van der Waals surface area contributed by atoms with Crippen molar-refractivity contribution in [1.29, 1.82) is 0 Å². The Labute approximate surface area is 440 Å². The zero-order valence-electron chi connectivity index (χ0n) is 45.6. The van der Waals surface area contributed by atoms with E-state index in [9.17, 15) is 30.3 Å². The van der Waals surface area contributed by atoms with Crippen LogP contribution in [0.3, 0.4) is 0 Å². The summed E-state index contributed by atoms with van der Waals surface area (Å²) >= 11 is 0. The molecule has 0 radical (unpaired) electrons. The minimum Gasteiger partial charge on any atom is -0.394 e. The molecule has 1 saturated heterocycles. The van der Waals surface area contributed by atoms with Crippen molar-refractivity contribution < 1.29 is 39.8 Å². The Balaban J connectivity index is 2.30. The molecule has 9 nitrogen and oxygen atoms in total. The number of amides is 1. The second kappa shape index (κ2) is 51.3. The number of hydrogen-bond acceptors (Lipinski definition) is 8. The van der Waals surface area contributed by atoms with E-state index in [0.717, 1.165) is 83.5 Å². The SMILES string of the molecule is CC/C=C\C/C=C\C/C=C\C/C=C\C/C=C\C/C=C\C/C=C\C/C=C\CCCCC(=O)NC(COC1OC(CO)C(O)C(O)C1O)C(O)/C=C/CCCCCCCCCCCCCCCCCCCCCC. The quantitative estimate of drug-likeness (QED) is 0.0261. The number of allylic oxidation sites excluding steroid dienone is 17. The fraction of sp³-hybridized carbons (Fsp3) is 0.698. The van der Waals surface area contributed by atoms with Gasteiger partial charge in [0.15, 0.2) is 6.29 Å². The highest BCUT2D eigenvalue weighted by atomic mass is 16.7. The summed E-state index contributed by atoms with van der Waals surface area (Å²) in [4.78, 5) is 13.0. The van der Waals surface area contributed by atoms with Gasteiger partial charge in [-0.1, -0.05) is 245 Å². The summed E-state index contributed by atoms with van der Waals surface area (Å²) in [5.74, 6) is -0.222. The number of aliphatic hydroxyl groups excluding tert-OH is 5. The van der Waals surface area contributed by atoms with Crippen LogP contribution in [0.15, 0.2) is 109 Å². The molecule has 0 aromatic carbocycles. The van der Waals surface area contributed by atoms with Gasteiger partial charge in [0.05, 0.1) is 25.4 Å². The van der Waals surface area contributed by atoms with Crippen LogP contribution in [-0.2, 0) is 14.3 Å². The smallest absolute Gasteiger partial charge is 0.220 e. The molecule has 6 N–H and O–H groups in total. The topological polar surface area (TPSA) is 149 Å². The Morgan fingerprint density at radius 3 is 1.28 bits per heavy atom. The Morgan fingerprint density at radius 1 is 0.486 bits per heavy atom. The monoisotopic (exact) mass is 1010 g/mol. The number of rotatable bonds is 48. The van der Waals surface area contributed by atoms with E-state index in [2.05, 4.69) is 116 Å². The van der Waals surface area contributed by atoms with Crippen LogP contribution in [0.1, 0.15) is 226 Å². The van der Waals surface area contributed by atoms with Crippen LogP contribution in [0, 0.1) is 0 Å². The van der Waals surface area contributed by atoms with Crippen molar-refractivity contribution in [2.24, 2.45) is 0 Å². The maximum atomic E-state index is 13.0. The van der Waals surface area contributed by atoms with E-state index in [0.29, 0.717) is 6.42 Å². The van der Waals surface area contributed by atoms with Gasteiger partial charge in [0.2, 0.25) is 5.91 Å². The van der Waals surface area contributed by atoms with Crippen LogP contribution in [0.5, 0.6) is 0 Å². The molecular formula is C63H107NO8. The van der Waals surface area contributed by atoms with Gasteiger partial charge in [-0.15, -0.1) is 0 Å². The Kier molecular flexibility index (Phi) is 47.7. The molecule has 1 aliphatic rings. The summed E-state index contributed by atoms with van der Waals surface area (Å²) in [5.41, 5.74) is 0. The van der Waals surface area contributed by atoms with E-state index < -0.39 is 49.5 Å². The predicted octanol–water partition coefficient (Wildman–Crippen LogP) is 14.6. The van der Waals surface area contributed by atoms with Gasteiger partial charge < -0.3 is 40.3 Å². The van der Waals surface area contributed by atoms with Crippen LogP contribution in [-0.4, -0.2) is 87.5 Å². The van der Waals surface area contributed by atoms with Gasteiger partial charge in [0.25, 0.3) is 0 Å². The van der Waals surface area contributed by atoms with Gasteiger partial charge in [-0.05, 0) is 83.5 Å². The third kappa shape index (κ3) is 40.3. The summed E-state index contributed by atoms with van der Waals surface area (Å²) in [6.45, 7) is 3.64. The van der Waals surface area contributed by atoms with Crippen molar-refractivity contribution in [3.63, 3.8) is 0 Å². The first-order valence-electron chi connectivity index (χ1n) is 29.1. The van der Waals surface area contributed by atoms with E-state index in [1.165, 1.54) is 116 Å². The first-order valence-corrected chi connectivity index (χ1v) is 29.1. The molecule has 7 atom stereocenters. The summed E-state index contributed by atoms with van der Waals surface area (Å²) in [5, 5.41) is 54.5. The van der Waals surface area contributed by atoms with E-state index >= 15 is 0 Å². The highest BCUT2D eigenvalue weighted by Crippen LogP contribution is 2.23. The van der Waals surface area contributed by atoms with Gasteiger partial charge >= 0.3 is 0 Å². The van der Waals surface area contributed by atoms with Crippen LogP contribution >= 0.6 is 0 Å². The van der Waals surface area contributed by atoms with E-state index in [-0.39, 0.29) is 18.9 Å². The number of nitrogens with one attached hydrogen (secondary N) is 1. The standard InChI is InChI=1S/C63H107NO8/c1-3-5-7-9-11-13-15-17-19-21-23-25-27-28-29-30-31-33-35-37-39-41-43-45-47-49-51-53-59(67)64-56(55-71-63-62(70)61(69)60(68)58(54-65)72-63)57(66)52-50-48-46-44-42-40-38-36-34-32-26-24-22-20-18-16-14-12-10-8-6-4-2/h5,7,11,13,17,19,23,25,28-29,31,33,37,39,43,45,50,52,56-58,60-63,65-66,68-70H,3-4,6,8-10,12,14-16,18,20-22,24,26-27,30,32,34-36,38,40-42,44,46-49,51,53-55H2,1-2H3,(H,64,67)/b7-5-,13-11-,19-17-,25-23-,29-28-,33-31-,39-37-,45-43-,52-50+. The summed E-state index contributed by atoms with van der Waals surface area (Å²) in [7, 11) is 0. The van der Waals surface area contributed by atoms with Crippen molar-refractivity contribution >= 4 is 5.91 Å². The Bertz CT molecular complexity index is 1490. The zero-order chi connectivity index (χ0) is 52.2. The summed E-state index contributed by atoms with van der Waals surface area (Å²) in [6, 6.07) is -0.837. The first kappa shape index (κ1) is 66.9. The van der Waals surface area contributed by atoms with E-state index in [1.54, 1.807) is 6.08 Å². The van der Waals surface area contributed by atoms with Crippen molar-refractivity contribution in [2.45, 2.75) is 269 Å². The van der Waals surface area contributed by atoms with Crippen molar-refractivity contribution in [2.75, 3.05) is 13.2 Å². The fourth-order valence-electron chi connectivity index (χ4n) is 8.52. The molecule has 1 amide bonds. The zero-order valence-corrected chi connectivity index (χ0v) is 45.6. The van der Waals surface area contributed by atoms with Crippen LogP contribution in [0.25, 0.3) is 0 Å². The third-order valence-corrected chi connectivity index (χ3v) is 13.1. The Hall–Kier alpha value is -3.15. The van der Waals surface area contributed by atoms with Crippen molar-refractivity contribution in [1.82, 2.24) is 5.32 Å². The number of ether oxygens (including phenoxy) is 2. The summed E-state index contributed by atoms with van der Waals surface area (Å²) in [6.07, 6.45) is 68.6. The normalized spacial score (nSPS) is 20.0. The van der Waals surface area contributed by atoms with Crippen LogP contribution < -0.4 is 5.32 Å². The largest absolute Gasteiger partial charge is 0.394 e. The number of hydrogen-bond donors (Lipinski definition) is 6. The van der Waals surface area contributed by atoms with Crippen molar-refractivity contribution in [3.05, 3.63) is 109 Å². The Morgan fingerprint density at radius 2 is 0.861 bits per heavy atom. The number of aliphatic hydroxyl groups is 5. The molecule has 7 unspecified atom stereocenters. The first-order chi connectivity index (χ1) is 35.3. The van der Waals surface area contributed by atoms with E-state index in [1.807, 2.05) is 6.08 Å². The average Bonchev–Trinajstić information content (AvgIpc) is 3.38. The van der Waals surface area contributed by atoms with Crippen molar-refractivity contribution in [3.8, 4) is 0 Å². The molecule has 9 heteroatoms. The molecule has 0 aromatic rings. The van der Waals surface area contributed by atoms with Gasteiger partial charge in [-0.2, -0.15) is 0 Å². The third-order valence-electron chi connectivity index (χ3n) is 13.1. The molecule has 0 saturated carbocycles. The molecule has 412 valence electrons. The molecule has 1 rings (SSSR count). The second-order valence-electron chi connectivity index (χ2n) is 19.7. The minimum atomic E-state index is -1.58. The van der Waals surface area contributed by atoms with Gasteiger partial charge in [0.1, 0.15) is 24.4 Å². The molecule has 0 bridgehead atoms. The number of unbranched alkanes of at least 4 members (excludes halogenated alkanes) is 22. The lowest BCUT2D eigenvalue weighted by Gasteiger charge is -2.40. The average molecular weight is 1010 g/mol. The maximum absolute atomic E-state index is 13.0. The van der Waals surface area contributed by atoms with E-state index in [4.69, 9.17) is 9.47 Å². The number of carbonyl (C=O) groups excluding carboxylic acids is 1. The molecule has 0 aliphatic carbocycles. The van der Waals surface area contributed by atoms with Gasteiger partial charge in [-0.3, -0.25) is 4.79 Å². The maximum Gasteiger partial charge on any atom is 0.220 e. The lowest BCUT2D eigenvalue weighted by atomic mass is 9.99. The fourth-order valence-corrected chi connectivity index (χ4v) is 8.52. The molecule has 72 heavy (non-hydrogen) atoms. The lowest BCUT2D eigenvalue weighted by molar-refractivity contribution is -0.302.